The Hall–Kier alpha value is -1.35. The summed E-state index contributed by atoms with van der Waals surface area (Å²) in [6.45, 7) is 0. The second-order valence-corrected chi connectivity index (χ2v) is 3.37. The Morgan fingerprint density at radius 3 is 3.07 bits per heavy atom. The van der Waals surface area contributed by atoms with Crippen LogP contribution in [0.4, 0.5) is 0 Å². The van der Waals surface area contributed by atoms with E-state index in [0.717, 1.165) is 10.9 Å². The number of Topliss-reactive ketones (excluding diaryl/α,β-unsaturated/α-hetero) is 1. The van der Waals surface area contributed by atoms with Crippen molar-refractivity contribution in [2.45, 2.75) is 0 Å². The molecule has 0 saturated heterocycles. The summed E-state index contributed by atoms with van der Waals surface area (Å²) in [5.41, 5.74) is 1.65. The van der Waals surface area contributed by atoms with Crippen LogP contribution in [0.25, 0.3) is 10.9 Å². The molecule has 0 saturated carbocycles. The second-order valence-electron chi connectivity index (χ2n) is 3.10. The highest BCUT2D eigenvalue weighted by atomic mass is 35.5. The van der Waals surface area contributed by atoms with Crippen molar-refractivity contribution < 1.29 is 4.79 Å². The second kappa shape index (κ2) is 3.42. The Labute approximate surface area is 86.3 Å². The average Bonchev–Trinajstić information content (AvgIpc) is 2.59. The Morgan fingerprint density at radius 2 is 2.36 bits per heavy atom. The predicted molar refractivity (Wildman–Crippen MR) is 55.8 cm³/mol. The third-order valence-electron chi connectivity index (χ3n) is 2.19. The van der Waals surface area contributed by atoms with Crippen molar-refractivity contribution in [3.8, 4) is 0 Å². The fourth-order valence-electron chi connectivity index (χ4n) is 1.41. The van der Waals surface area contributed by atoms with Gasteiger partial charge in [0.2, 0.25) is 0 Å². The van der Waals surface area contributed by atoms with Gasteiger partial charge in [0.25, 0.3) is 0 Å². The van der Waals surface area contributed by atoms with Gasteiger partial charge in [-0.05, 0) is 18.2 Å². The van der Waals surface area contributed by atoms with Crippen LogP contribution in [0.3, 0.4) is 0 Å². The monoisotopic (exact) mass is 208 g/mol. The summed E-state index contributed by atoms with van der Waals surface area (Å²) in [6, 6.07) is 5.46. The van der Waals surface area contributed by atoms with Gasteiger partial charge >= 0.3 is 0 Å². The average molecular weight is 209 g/mol. The number of hydrogen-bond acceptors (Lipinski definition) is 2. The first-order chi connectivity index (χ1) is 6.72. The maximum absolute atomic E-state index is 11.3. The fourth-order valence-corrected chi connectivity index (χ4v) is 1.57. The van der Waals surface area contributed by atoms with Gasteiger partial charge in [0, 0.05) is 18.0 Å². The van der Waals surface area contributed by atoms with Gasteiger partial charge < -0.3 is 0 Å². The molecule has 4 heteroatoms. The van der Waals surface area contributed by atoms with Crippen molar-refractivity contribution in [3.05, 3.63) is 30.0 Å². The molecule has 0 unspecified atom stereocenters. The van der Waals surface area contributed by atoms with Gasteiger partial charge in [0.1, 0.15) is 0 Å². The molecule has 3 nitrogen and oxygen atoms in total. The van der Waals surface area contributed by atoms with Crippen molar-refractivity contribution in [2.75, 3.05) is 5.88 Å². The van der Waals surface area contributed by atoms with Crippen molar-refractivity contribution in [2.24, 2.45) is 7.05 Å². The topological polar surface area (TPSA) is 34.9 Å². The number of hydrogen-bond donors (Lipinski definition) is 0. The van der Waals surface area contributed by atoms with Crippen molar-refractivity contribution in [1.82, 2.24) is 9.78 Å². The maximum Gasteiger partial charge on any atom is 0.177 e. The lowest BCUT2D eigenvalue weighted by atomic mass is 10.1. The minimum atomic E-state index is -0.0579. The molecule has 2 aromatic rings. The van der Waals surface area contributed by atoms with E-state index in [1.54, 1.807) is 16.9 Å². The fraction of sp³-hybridized carbons (Fsp3) is 0.200. The molecule has 0 aliphatic carbocycles. The quantitative estimate of drug-likeness (QED) is 0.559. The largest absolute Gasteiger partial charge is 0.293 e. The molecular weight excluding hydrogens is 200 g/mol. The Balaban J connectivity index is 2.57. The van der Waals surface area contributed by atoms with Crippen LogP contribution in [-0.4, -0.2) is 21.4 Å². The van der Waals surface area contributed by atoms with Crippen LogP contribution < -0.4 is 0 Å². The normalized spacial score (nSPS) is 10.7. The van der Waals surface area contributed by atoms with Crippen molar-refractivity contribution in [1.29, 1.82) is 0 Å². The number of aryl methyl sites for hydroxylation is 1. The molecule has 0 bridgehead atoms. The van der Waals surface area contributed by atoms with Gasteiger partial charge in [0.05, 0.1) is 17.6 Å². The molecule has 72 valence electrons. The molecule has 0 aliphatic heterocycles. The molecule has 14 heavy (non-hydrogen) atoms. The van der Waals surface area contributed by atoms with E-state index in [2.05, 4.69) is 5.10 Å². The first-order valence-electron chi connectivity index (χ1n) is 4.23. The van der Waals surface area contributed by atoms with E-state index in [1.165, 1.54) is 0 Å². The molecule has 0 radical (unpaired) electrons. The van der Waals surface area contributed by atoms with E-state index < -0.39 is 0 Å². The lowest BCUT2D eigenvalue weighted by Crippen LogP contribution is -1.99. The molecule has 1 aromatic carbocycles. The SMILES string of the molecule is Cn1ncc2cc(C(=O)CCl)ccc21. The zero-order chi connectivity index (χ0) is 10.1. The third kappa shape index (κ3) is 1.40. The lowest BCUT2D eigenvalue weighted by molar-refractivity contribution is 0.102. The third-order valence-corrected chi connectivity index (χ3v) is 2.43. The van der Waals surface area contributed by atoms with Gasteiger partial charge in [0.15, 0.2) is 5.78 Å². The molecule has 0 amide bonds. The smallest absolute Gasteiger partial charge is 0.177 e. The van der Waals surface area contributed by atoms with Crippen LogP contribution in [0.2, 0.25) is 0 Å². The number of rotatable bonds is 2. The summed E-state index contributed by atoms with van der Waals surface area (Å²) in [5, 5.41) is 5.06. The number of carbonyl (C=O) groups excluding carboxylic acids is 1. The molecule has 2 rings (SSSR count). The molecule has 0 aliphatic rings. The Morgan fingerprint density at radius 1 is 1.57 bits per heavy atom. The summed E-state index contributed by atoms with van der Waals surface area (Å²) in [4.78, 5) is 11.3. The van der Waals surface area contributed by atoms with Crippen molar-refractivity contribution in [3.63, 3.8) is 0 Å². The minimum Gasteiger partial charge on any atom is -0.293 e. The van der Waals surface area contributed by atoms with Gasteiger partial charge in [-0.2, -0.15) is 5.10 Å². The van der Waals surface area contributed by atoms with Gasteiger partial charge in [-0.3, -0.25) is 9.48 Å². The molecule has 0 N–H and O–H groups in total. The zero-order valence-corrected chi connectivity index (χ0v) is 8.45. The number of aromatic nitrogens is 2. The summed E-state index contributed by atoms with van der Waals surface area (Å²) >= 11 is 5.47. The number of carbonyl (C=O) groups is 1. The maximum atomic E-state index is 11.3. The minimum absolute atomic E-state index is 0.0196. The van der Waals surface area contributed by atoms with Gasteiger partial charge in [-0.1, -0.05) is 0 Å². The molecule has 0 atom stereocenters. The van der Waals surface area contributed by atoms with Crippen LogP contribution in [0.15, 0.2) is 24.4 Å². The lowest BCUT2D eigenvalue weighted by Gasteiger charge is -1.97. The number of benzene rings is 1. The summed E-state index contributed by atoms with van der Waals surface area (Å²) < 4.78 is 1.77. The number of nitrogens with zero attached hydrogens (tertiary/aromatic N) is 2. The highest BCUT2D eigenvalue weighted by Crippen LogP contribution is 2.15. The summed E-state index contributed by atoms with van der Waals surface area (Å²) in [7, 11) is 1.87. The summed E-state index contributed by atoms with van der Waals surface area (Å²) in [6.07, 6.45) is 1.74. The van der Waals surface area contributed by atoms with Crippen LogP contribution in [0.5, 0.6) is 0 Å². The van der Waals surface area contributed by atoms with Crippen LogP contribution >= 0.6 is 11.6 Å². The highest BCUT2D eigenvalue weighted by molar-refractivity contribution is 6.30. The van der Waals surface area contributed by atoms with E-state index in [9.17, 15) is 4.79 Å². The van der Waals surface area contributed by atoms with Crippen molar-refractivity contribution >= 4 is 28.3 Å². The van der Waals surface area contributed by atoms with Gasteiger partial charge in [-0.15, -0.1) is 11.6 Å². The van der Waals surface area contributed by atoms with Crippen LogP contribution in [0.1, 0.15) is 10.4 Å². The van der Waals surface area contributed by atoms with Gasteiger partial charge in [-0.25, -0.2) is 0 Å². The van der Waals surface area contributed by atoms with E-state index in [0.29, 0.717) is 5.56 Å². The molecule has 1 aromatic heterocycles. The standard InChI is InChI=1S/C10H9ClN2O/c1-13-9-3-2-7(10(14)5-11)4-8(9)6-12-13/h2-4,6H,5H2,1H3. The van der Waals surface area contributed by atoms with Crippen LogP contribution in [-0.2, 0) is 7.05 Å². The van der Waals surface area contributed by atoms with Crippen LogP contribution in [0, 0.1) is 0 Å². The molecular formula is C10H9ClN2O. The number of fused-ring (bicyclic) bond motifs is 1. The van der Waals surface area contributed by atoms with E-state index >= 15 is 0 Å². The zero-order valence-electron chi connectivity index (χ0n) is 7.70. The Bertz CT molecular complexity index is 490. The van der Waals surface area contributed by atoms with E-state index in [-0.39, 0.29) is 11.7 Å². The first kappa shape index (κ1) is 9.21. The number of alkyl halides is 1. The van der Waals surface area contributed by atoms with E-state index in [1.807, 2.05) is 19.2 Å². The molecule has 0 spiro atoms. The number of ketones is 1. The molecule has 1 heterocycles. The molecule has 0 fully saturated rings. The number of halogens is 1. The first-order valence-corrected chi connectivity index (χ1v) is 4.77. The Kier molecular flexibility index (Phi) is 2.25. The van der Waals surface area contributed by atoms with E-state index in [4.69, 9.17) is 11.6 Å². The predicted octanol–water partition coefficient (Wildman–Crippen LogP) is 1.99. The highest BCUT2D eigenvalue weighted by Gasteiger charge is 2.06. The summed E-state index contributed by atoms with van der Waals surface area (Å²) in [5.74, 6) is -0.0383.